The van der Waals surface area contributed by atoms with Crippen LogP contribution >= 0.6 is 0 Å². The topological polar surface area (TPSA) is 12.0 Å². The van der Waals surface area contributed by atoms with Crippen molar-refractivity contribution in [1.82, 2.24) is 5.32 Å². The van der Waals surface area contributed by atoms with Crippen molar-refractivity contribution in [2.24, 2.45) is 11.8 Å². The molecule has 0 heterocycles. The molecule has 0 saturated heterocycles. The molecule has 1 aliphatic carbocycles. The summed E-state index contributed by atoms with van der Waals surface area (Å²) in [6.45, 7) is 8.30. The van der Waals surface area contributed by atoms with Crippen LogP contribution in [0.3, 0.4) is 0 Å². The largest absolute Gasteiger partial charge is 0.314 e. The van der Waals surface area contributed by atoms with Crippen molar-refractivity contribution in [3.8, 4) is 0 Å². The normalized spacial score (nSPS) is 20.8. The van der Waals surface area contributed by atoms with Gasteiger partial charge >= 0.3 is 0 Å². The highest BCUT2D eigenvalue weighted by molar-refractivity contribution is 4.81. The maximum absolute atomic E-state index is 3.61. The molecular formula is C13H27N. The van der Waals surface area contributed by atoms with E-state index in [-0.39, 0.29) is 0 Å². The minimum Gasteiger partial charge on any atom is -0.314 e. The maximum Gasteiger partial charge on any atom is 0.00683 e. The molecular weight excluding hydrogens is 170 g/mol. The van der Waals surface area contributed by atoms with E-state index < -0.39 is 0 Å². The molecule has 1 aliphatic rings. The van der Waals surface area contributed by atoms with Gasteiger partial charge < -0.3 is 5.32 Å². The quantitative estimate of drug-likeness (QED) is 0.627. The summed E-state index contributed by atoms with van der Waals surface area (Å²) >= 11 is 0. The third-order valence-electron chi connectivity index (χ3n) is 3.27. The highest BCUT2D eigenvalue weighted by atomic mass is 14.9. The summed E-state index contributed by atoms with van der Waals surface area (Å²) in [4.78, 5) is 0. The molecule has 2 unspecified atom stereocenters. The van der Waals surface area contributed by atoms with Crippen LogP contribution in [0.25, 0.3) is 0 Å². The minimum atomic E-state index is 0.870. The highest BCUT2D eigenvalue weighted by Gasteiger charge is 2.20. The maximum atomic E-state index is 3.61. The zero-order chi connectivity index (χ0) is 10.4. The predicted molar refractivity (Wildman–Crippen MR) is 63.5 cm³/mol. The van der Waals surface area contributed by atoms with Gasteiger partial charge in [0.25, 0.3) is 0 Å². The molecule has 0 radical (unpaired) electrons. The van der Waals surface area contributed by atoms with E-state index in [1.807, 2.05) is 0 Å². The lowest BCUT2D eigenvalue weighted by Gasteiger charge is -2.15. The minimum absolute atomic E-state index is 0.870. The second kappa shape index (κ2) is 6.44. The molecule has 1 heteroatoms. The molecule has 0 aliphatic heterocycles. The van der Waals surface area contributed by atoms with Crippen LogP contribution in [0.2, 0.25) is 0 Å². The molecule has 0 spiro atoms. The van der Waals surface area contributed by atoms with Crippen LogP contribution in [-0.4, -0.2) is 12.6 Å². The van der Waals surface area contributed by atoms with Crippen molar-refractivity contribution in [1.29, 1.82) is 0 Å². The van der Waals surface area contributed by atoms with Crippen molar-refractivity contribution < 1.29 is 0 Å². The first kappa shape index (κ1) is 12.0. The Hall–Kier alpha value is -0.0400. The lowest BCUT2D eigenvalue weighted by Crippen LogP contribution is -2.23. The van der Waals surface area contributed by atoms with Gasteiger partial charge in [0, 0.05) is 6.04 Å². The summed E-state index contributed by atoms with van der Waals surface area (Å²) in [5.41, 5.74) is 0. The van der Waals surface area contributed by atoms with Crippen LogP contribution in [-0.2, 0) is 0 Å². The molecule has 1 nitrogen and oxygen atoms in total. The lowest BCUT2D eigenvalue weighted by molar-refractivity contribution is 0.395. The van der Waals surface area contributed by atoms with Gasteiger partial charge in [-0.05, 0) is 37.6 Å². The van der Waals surface area contributed by atoms with E-state index in [9.17, 15) is 0 Å². The van der Waals surface area contributed by atoms with Gasteiger partial charge in [0.05, 0.1) is 0 Å². The molecule has 0 aromatic rings. The average Bonchev–Trinajstić information content (AvgIpc) is 2.95. The van der Waals surface area contributed by atoms with E-state index in [4.69, 9.17) is 0 Å². The number of hydrogen-bond acceptors (Lipinski definition) is 1. The molecule has 2 atom stereocenters. The average molecular weight is 197 g/mol. The fourth-order valence-corrected chi connectivity index (χ4v) is 1.96. The molecule has 14 heavy (non-hydrogen) atoms. The first-order valence-corrected chi connectivity index (χ1v) is 6.45. The zero-order valence-corrected chi connectivity index (χ0v) is 10.2. The van der Waals surface area contributed by atoms with Crippen molar-refractivity contribution in [2.75, 3.05) is 6.54 Å². The van der Waals surface area contributed by atoms with Gasteiger partial charge in [0.1, 0.15) is 0 Å². The van der Waals surface area contributed by atoms with Crippen LogP contribution in [0.5, 0.6) is 0 Å². The van der Waals surface area contributed by atoms with E-state index in [0.717, 1.165) is 17.9 Å². The fraction of sp³-hybridized carbons (Fsp3) is 1.00. The smallest absolute Gasteiger partial charge is 0.00683 e. The zero-order valence-electron chi connectivity index (χ0n) is 10.2. The number of nitrogens with one attached hydrogen (secondary N) is 1. The SMILES string of the molecule is CCCC(C)CCC(C)CNC1CC1. The highest BCUT2D eigenvalue weighted by Crippen LogP contribution is 2.20. The summed E-state index contributed by atoms with van der Waals surface area (Å²) in [6, 6.07) is 0.880. The van der Waals surface area contributed by atoms with Gasteiger partial charge in [-0.15, -0.1) is 0 Å². The van der Waals surface area contributed by atoms with Gasteiger partial charge in [0.15, 0.2) is 0 Å². The van der Waals surface area contributed by atoms with Gasteiger partial charge in [-0.25, -0.2) is 0 Å². The van der Waals surface area contributed by atoms with Gasteiger partial charge in [-0.1, -0.05) is 40.0 Å². The Balaban J connectivity index is 1.92. The van der Waals surface area contributed by atoms with E-state index in [1.165, 1.54) is 45.1 Å². The van der Waals surface area contributed by atoms with Crippen LogP contribution in [0.15, 0.2) is 0 Å². The van der Waals surface area contributed by atoms with E-state index in [0.29, 0.717) is 0 Å². The molecule has 1 saturated carbocycles. The predicted octanol–water partition coefficient (Wildman–Crippen LogP) is 3.59. The summed E-state index contributed by atoms with van der Waals surface area (Å²) in [6.07, 6.45) is 8.40. The number of rotatable bonds is 8. The van der Waals surface area contributed by atoms with Crippen molar-refractivity contribution in [2.45, 2.75) is 65.3 Å². The van der Waals surface area contributed by atoms with Crippen LogP contribution in [0.4, 0.5) is 0 Å². The molecule has 0 bridgehead atoms. The summed E-state index contributed by atoms with van der Waals surface area (Å²) < 4.78 is 0. The Bertz CT molecular complexity index is 140. The molecule has 1 N–H and O–H groups in total. The number of hydrogen-bond donors (Lipinski definition) is 1. The summed E-state index contributed by atoms with van der Waals surface area (Å²) in [5, 5.41) is 3.61. The molecule has 0 aromatic heterocycles. The fourth-order valence-electron chi connectivity index (χ4n) is 1.96. The Kier molecular flexibility index (Phi) is 5.54. The van der Waals surface area contributed by atoms with E-state index in [1.54, 1.807) is 0 Å². The second-order valence-electron chi connectivity index (χ2n) is 5.26. The van der Waals surface area contributed by atoms with Crippen LogP contribution < -0.4 is 5.32 Å². The van der Waals surface area contributed by atoms with Crippen molar-refractivity contribution in [3.63, 3.8) is 0 Å². The molecule has 0 aromatic carbocycles. The van der Waals surface area contributed by atoms with Gasteiger partial charge in [0.2, 0.25) is 0 Å². The third-order valence-corrected chi connectivity index (χ3v) is 3.27. The van der Waals surface area contributed by atoms with E-state index in [2.05, 4.69) is 26.1 Å². The van der Waals surface area contributed by atoms with Crippen LogP contribution in [0.1, 0.15) is 59.3 Å². The molecule has 1 fully saturated rings. The molecule has 0 amide bonds. The Morgan fingerprint density at radius 3 is 2.29 bits per heavy atom. The third kappa shape index (κ3) is 5.64. The molecule has 84 valence electrons. The van der Waals surface area contributed by atoms with Gasteiger partial charge in [-0.2, -0.15) is 0 Å². The first-order valence-electron chi connectivity index (χ1n) is 6.45. The standard InChI is InChI=1S/C13H27N/c1-4-5-11(2)6-7-12(3)10-14-13-8-9-13/h11-14H,4-10H2,1-3H3. The summed E-state index contributed by atoms with van der Waals surface area (Å²) in [7, 11) is 0. The Morgan fingerprint density at radius 1 is 1.07 bits per heavy atom. The lowest BCUT2D eigenvalue weighted by atomic mass is 9.95. The monoisotopic (exact) mass is 197 g/mol. The Morgan fingerprint density at radius 2 is 1.71 bits per heavy atom. The van der Waals surface area contributed by atoms with Crippen molar-refractivity contribution >= 4 is 0 Å². The van der Waals surface area contributed by atoms with Crippen molar-refractivity contribution in [3.05, 3.63) is 0 Å². The molecule has 1 rings (SSSR count). The Labute approximate surface area is 89.7 Å². The summed E-state index contributed by atoms with van der Waals surface area (Å²) in [5.74, 6) is 1.80. The van der Waals surface area contributed by atoms with Crippen LogP contribution in [0, 0.1) is 11.8 Å². The first-order chi connectivity index (χ1) is 6.72. The van der Waals surface area contributed by atoms with E-state index >= 15 is 0 Å². The van der Waals surface area contributed by atoms with Gasteiger partial charge in [-0.3, -0.25) is 0 Å². The second-order valence-corrected chi connectivity index (χ2v) is 5.26.